The number of carbonyl (C=O) groups excluding carboxylic acids is 2. The minimum absolute atomic E-state index is 0.422. The van der Waals surface area contributed by atoms with Crippen LogP contribution in [0.3, 0.4) is 0 Å². The van der Waals surface area contributed by atoms with Crippen molar-refractivity contribution in [2.24, 2.45) is 0 Å². The van der Waals surface area contributed by atoms with Crippen LogP contribution in [0, 0.1) is 0 Å². The van der Waals surface area contributed by atoms with E-state index in [0.717, 1.165) is 5.56 Å². The number of nitrogens with one attached hydrogen (secondary N) is 2. The Kier molecular flexibility index (Phi) is 4.74. The fourth-order valence-corrected chi connectivity index (χ4v) is 1.25. The fraction of sp³-hybridized carbons (Fsp3) is 0.273. The van der Waals surface area contributed by atoms with E-state index >= 15 is 0 Å². The summed E-state index contributed by atoms with van der Waals surface area (Å²) in [5.41, 5.74) is 2.58. The summed E-state index contributed by atoms with van der Waals surface area (Å²) < 4.78 is 35.4. The van der Waals surface area contributed by atoms with Crippen molar-refractivity contribution in [3.05, 3.63) is 29.8 Å². The lowest BCUT2D eigenvalue weighted by Crippen LogP contribution is -2.36. The van der Waals surface area contributed by atoms with Gasteiger partial charge in [0.15, 0.2) is 0 Å². The van der Waals surface area contributed by atoms with Crippen LogP contribution < -0.4 is 10.8 Å². The topological polar surface area (TPSA) is 67.4 Å². The number of urea groups is 1. The number of aryl methyl sites for hydroxylation is 1. The number of anilines is 1. The average Bonchev–Trinajstić information content (AvgIpc) is 2.35. The molecule has 0 radical (unpaired) electrons. The summed E-state index contributed by atoms with van der Waals surface area (Å²) in [5, 5.41) is 2.27. The maximum atomic E-state index is 11.8. The first kappa shape index (κ1) is 14.8. The van der Waals surface area contributed by atoms with Gasteiger partial charge in [0.2, 0.25) is 0 Å². The first-order valence-electron chi connectivity index (χ1n) is 5.27. The van der Waals surface area contributed by atoms with Gasteiger partial charge in [0, 0.05) is 5.69 Å². The Hall–Kier alpha value is -2.25. The molecule has 1 rings (SSSR count). The average molecular weight is 276 g/mol. The van der Waals surface area contributed by atoms with Crippen LogP contribution in [0.1, 0.15) is 12.5 Å². The number of carbonyl (C=O) groups is 2. The summed E-state index contributed by atoms with van der Waals surface area (Å²) in [6.45, 7) is 1.85. The fourth-order valence-electron chi connectivity index (χ4n) is 1.25. The quantitative estimate of drug-likeness (QED) is 0.815. The minimum atomic E-state index is -5.16. The number of hydrogen-bond donors (Lipinski definition) is 2. The number of para-hydroxylation sites is 1. The molecule has 0 aromatic heterocycles. The van der Waals surface area contributed by atoms with E-state index in [1.165, 1.54) is 5.48 Å². The van der Waals surface area contributed by atoms with Crippen LogP contribution in [0.4, 0.5) is 23.7 Å². The Morgan fingerprint density at radius 3 is 2.47 bits per heavy atom. The Bertz CT molecular complexity index is 474. The van der Waals surface area contributed by atoms with Crippen molar-refractivity contribution in [1.82, 2.24) is 5.48 Å². The molecule has 0 aliphatic carbocycles. The normalized spacial score (nSPS) is 10.7. The largest absolute Gasteiger partial charge is 0.493 e. The van der Waals surface area contributed by atoms with Crippen molar-refractivity contribution in [3.63, 3.8) is 0 Å². The molecule has 0 atom stereocenters. The monoisotopic (exact) mass is 276 g/mol. The molecule has 1 aromatic carbocycles. The van der Waals surface area contributed by atoms with Crippen LogP contribution in [0.25, 0.3) is 0 Å². The zero-order valence-corrected chi connectivity index (χ0v) is 9.88. The molecule has 0 aliphatic heterocycles. The number of rotatable bonds is 2. The van der Waals surface area contributed by atoms with E-state index in [1.807, 2.05) is 6.92 Å². The smallest absolute Gasteiger partial charge is 0.331 e. The second kappa shape index (κ2) is 6.07. The summed E-state index contributed by atoms with van der Waals surface area (Å²) in [5.74, 6) is -2.49. The van der Waals surface area contributed by atoms with Crippen molar-refractivity contribution in [1.29, 1.82) is 0 Å². The van der Waals surface area contributed by atoms with Crippen LogP contribution >= 0.6 is 0 Å². The number of halogens is 3. The molecule has 0 saturated carbocycles. The van der Waals surface area contributed by atoms with Crippen molar-refractivity contribution in [3.8, 4) is 0 Å². The molecule has 0 unspecified atom stereocenters. The zero-order chi connectivity index (χ0) is 14.5. The molecule has 104 valence electrons. The van der Waals surface area contributed by atoms with Gasteiger partial charge in [-0.2, -0.15) is 18.7 Å². The second-order valence-corrected chi connectivity index (χ2v) is 3.45. The third-order valence-corrected chi connectivity index (χ3v) is 2.11. The summed E-state index contributed by atoms with van der Waals surface area (Å²) in [4.78, 5) is 25.2. The number of amides is 2. The lowest BCUT2D eigenvalue weighted by Gasteiger charge is -2.11. The van der Waals surface area contributed by atoms with E-state index in [0.29, 0.717) is 12.1 Å². The number of benzene rings is 1. The van der Waals surface area contributed by atoms with Crippen molar-refractivity contribution >= 4 is 17.7 Å². The lowest BCUT2D eigenvalue weighted by molar-refractivity contribution is -0.204. The van der Waals surface area contributed by atoms with Gasteiger partial charge in [-0.15, -0.1) is 0 Å². The highest BCUT2D eigenvalue weighted by molar-refractivity contribution is 5.90. The van der Waals surface area contributed by atoms with Gasteiger partial charge in [-0.1, -0.05) is 25.1 Å². The molecule has 5 nitrogen and oxygen atoms in total. The SMILES string of the molecule is CCc1ccccc1NC(=O)NOC(=O)C(F)(F)F. The summed E-state index contributed by atoms with van der Waals surface area (Å²) in [6.07, 6.45) is -4.53. The van der Waals surface area contributed by atoms with E-state index in [2.05, 4.69) is 10.2 Å². The minimum Gasteiger partial charge on any atom is -0.331 e. The van der Waals surface area contributed by atoms with Gasteiger partial charge in [-0.25, -0.2) is 9.59 Å². The molecule has 0 heterocycles. The van der Waals surface area contributed by atoms with Crippen LogP contribution in [0.15, 0.2) is 24.3 Å². The number of hydrogen-bond acceptors (Lipinski definition) is 3. The van der Waals surface area contributed by atoms with Gasteiger partial charge in [-0.05, 0) is 18.1 Å². The molecular formula is C11H11F3N2O3. The van der Waals surface area contributed by atoms with Gasteiger partial charge in [0.05, 0.1) is 0 Å². The maximum absolute atomic E-state index is 11.8. The van der Waals surface area contributed by atoms with E-state index in [9.17, 15) is 22.8 Å². The Morgan fingerprint density at radius 2 is 1.89 bits per heavy atom. The summed E-state index contributed by atoms with van der Waals surface area (Å²) >= 11 is 0. The van der Waals surface area contributed by atoms with E-state index < -0.39 is 18.2 Å². The molecule has 0 aliphatic rings. The molecule has 2 N–H and O–H groups in total. The zero-order valence-electron chi connectivity index (χ0n) is 9.88. The lowest BCUT2D eigenvalue weighted by atomic mass is 10.1. The third-order valence-electron chi connectivity index (χ3n) is 2.11. The molecule has 0 spiro atoms. The molecule has 2 amide bonds. The van der Waals surface area contributed by atoms with Gasteiger partial charge in [0.1, 0.15) is 0 Å². The summed E-state index contributed by atoms with van der Waals surface area (Å²) in [7, 11) is 0. The summed E-state index contributed by atoms with van der Waals surface area (Å²) in [6, 6.07) is 5.65. The number of alkyl halides is 3. The standard InChI is InChI=1S/C11H11F3N2O3/c1-2-7-5-3-4-6-8(7)15-10(18)16-19-9(17)11(12,13)14/h3-6H,2H2,1H3,(H2,15,16,18). The molecule has 8 heteroatoms. The van der Waals surface area contributed by atoms with Crippen LogP contribution in [-0.4, -0.2) is 18.2 Å². The van der Waals surface area contributed by atoms with Crippen molar-refractivity contribution < 1.29 is 27.6 Å². The molecular weight excluding hydrogens is 265 g/mol. The van der Waals surface area contributed by atoms with Gasteiger partial charge in [0.25, 0.3) is 0 Å². The molecule has 0 saturated heterocycles. The number of hydroxylamine groups is 1. The highest BCUT2D eigenvalue weighted by Crippen LogP contribution is 2.16. The first-order valence-corrected chi connectivity index (χ1v) is 5.27. The Labute approximate surface area is 106 Å². The second-order valence-electron chi connectivity index (χ2n) is 3.45. The molecule has 0 fully saturated rings. The van der Waals surface area contributed by atoms with Crippen molar-refractivity contribution in [2.45, 2.75) is 19.5 Å². The van der Waals surface area contributed by atoms with E-state index in [-0.39, 0.29) is 0 Å². The van der Waals surface area contributed by atoms with Gasteiger partial charge in [-0.3, -0.25) is 0 Å². The van der Waals surface area contributed by atoms with E-state index in [1.54, 1.807) is 24.3 Å². The highest BCUT2D eigenvalue weighted by Gasteiger charge is 2.42. The van der Waals surface area contributed by atoms with Crippen LogP contribution in [0.5, 0.6) is 0 Å². The predicted molar refractivity (Wildman–Crippen MR) is 60.1 cm³/mol. The molecule has 1 aromatic rings. The van der Waals surface area contributed by atoms with Crippen LogP contribution in [0.2, 0.25) is 0 Å². The van der Waals surface area contributed by atoms with Gasteiger partial charge >= 0.3 is 18.2 Å². The predicted octanol–water partition coefficient (Wildman–Crippen LogP) is 2.39. The Balaban J connectivity index is 2.54. The Morgan fingerprint density at radius 1 is 1.26 bits per heavy atom. The first-order chi connectivity index (χ1) is 8.84. The molecule has 19 heavy (non-hydrogen) atoms. The van der Waals surface area contributed by atoms with Crippen molar-refractivity contribution in [2.75, 3.05) is 5.32 Å². The third kappa shape index (κ3) is 4.49. The maximum Gasteiger partial charge on any atom is 0.493 e. The highest BCUT2D eigenvalue weighted by atomic mass is 19.4. The van der Waals surface area contributed by atoms with Gasteiger partial charge < -0.3 is 10.2 Å². The van der Waals surface area contributed by atoms with Crippen LogP contribution in [-0.2, 0) is 16.1 Å². The molecule has 0 bridgehead atoms. The van der Waals surface area contributed by atoms with E-state index in [4.69, 9.17) is 0 Å².